The molecular formula is C22H17Cl3F7NO3S. The largest absolute Gasteiger partial charge is 0.417 e. The molecule has 2 aromatic rings. The van der Waals surface area contributed by atoms with Gasteiger partial charge in [0.25, 0.3) is 5.91 Å². The Kier molecular flexibility index (Phi) is 9.60. The summed E-state index contributed by atoms with van der Waals surface area (Å²) in [5.41, 5.74) is -4.13. The van der Waals surface area contributed by atoms with Gasteiger partial charge in [-0.25, -0.2) is 12.8 Å². The number of benzene rings is 2. The second kappa shape index (κ2) is 11.4. The van der Waals surface area contributed by atoms with Crippen LogP contribution in [0.5, 0.6) is 0 Å². The molecule has 0 spiro atoms. The first kappa shape index (κ1) is 31.2. The van der Waals surface area contributed by atoms with E-state index < -0.39 is 73.9 Å². The Bertz CT molecular complexity index is 1300. The highest BCUT2D eigenvalue weighted by Crippen LogP contribution is 2.42. The van der Waals surface area contributed by atoms with Gasteiger partial charge in [-0.2, -0.15) is 26.3 Å². The zero-order valence-electron chi connectivity index (χ0n) is 18.7. The third kappa shape index (κ3) is 7.98. The van der Waals surface area contributed by atoms with E-state index in [1.165, 1.54) is 6.92 Å². The average molecular weight is 615 g/mol. The molecule has 1 amide bonds. The minimum atomic E-state index is -5.20. The maximum atomic E-state index is 14.9. The molecule has 0 saturated carbocycles. The minimum absolute atomic E-state index is 0.0406. The molecule has 0 aliphatic carbocycles. The van der Waals surface area contributed by atoms with Crippen LogP contribution >= 0.6 is 34.8 Å². The van der Waals surface area contributed by atoms with Gasteiger partial charge in [-0.1, -0.05) is 40.9 Å². The molecule has 2 atom stereocenters. The summed E-state index contributed by atoms with van der Waals surface area (Å²) in [6, 6.07) is 3.03. The molecule has 15 heteroatoms. The van der Waals surface area contributed by atoms with Gasteiger partial charge >= 0.3 is 12.4 Å². The molecule has 4 nitrogen and oxygen atoms in total. The van der Waals surface area contributed by atoms with Gasteiger partial charge in [-0.3, -0.25) is 4.79 Å². The Labute approximate surface area is 222 Å². The Balaban J connectivity index is 2.52. The normalized spacial score (nSPS) is 14.9. The summed E-state index contributed by atoms with van der Waals surface area (Å²) in [4.78, 5) is 12.3. The van der Waals surface area contributed by atoms with Gasteiger partial charge in [0.05, 0.1) is 31.4 Å². The number of hydrogen-bond donors (Lipinski definition) is 1. The van der Waals surface area contributed by atoms with Crippen molar-refractivity contribution in [1.29, 1.82) is 0 Å². The number of alkyl halides is 6. The Morgan fingerprint density at radius 1 is 1.03 bits per heavy atom. The van der Waals surface area contributed by atoms with Gasteiger partial charge in [0.2, 0.25) is 0 Å². The van der Waals surface area contributed by atoms with Crippen LogP contribution in [0.3, 0.4) is 0 Å². The van der Waals surface area contributed by atoms with Gasteiger partial charge in [-0.15, -0.1) is 0 Å². The minimum Gasteiger partial charge on any atom is -0.351 e. The average Bonchev–Trinajstić information content (AvgIpc) is 2.76. The summed E-state index contributed by atoms with van der Waals surface area (Å²) in [7, 11) is -3.60. The van der Waals surface area contributed by atoms with Crippen molar-refractivity contribution >= 4 is 56.4 Å². The molecule has 0 heterocycles. The van der Waals surface area contributed by atoms with Crippen molar-refractivity contribution in [1.82, 2.24) is 5.32 Å². The topological polar surface area (TPSA) is 63.2 Å². The molecule has 37 heavy (non-hydrogen) atoms. The lowest BCUT2D eigenvalue weighted by molar-refractivity contribution is -0.140. The number of halogens is 10. The van der Waals surface area contributed by atoms with Crippen molar-refractivity contribution in [3.05, 3.63) is 73.7 Å². The van der Waals surface area contributed by atoms with Crippen molar-refractivity contribution in [2.24, 2.45) is 0 Å². The van der Waals surface area contributed by atoms with Gasteiger partial charge in [0.1, 0.15) is 11.7 Å². The molecule has 2 rings (SSSR count). The van der Waals surface area contributed by atoms with E-state index in [2.05, 4.69) is 0 Å². The third-order valence-electron chi connectivity index (χ3n) is 5.16. The van der Waals surface area contributed by atoms with Crippen molar-refractivity contribution in [2.75, 3.05) is 12.8 Å². The number of amides is 1. The summed E-state index contributed by atoms with van der Waals surface area (Å²) >= 11 is 17.2. The van der Waals surface area contributed by atoms with Crippen LogP contribution in [0.1, 0.15) is 39.9 Å². The molecule has 0 fully saturated rings. The molecular weight excluding hydrogens is 598 g/mol. The number of nitrogens with one attached hydrogen (secondary N) is 1. The first-order valence-corrected chi connectivity index (χ1v) is 13.1. The van der Waals surface area contributed by atoms with Crippen molar-refractivity contribution in [2.45, 2.75) is 30.4 Å². The summed E-state index contributed by atoms with van der Waals surface area (Å²) in [5.74, 6) is -5.64. The monoisotopic (exact) mass is 613 g/mol. The van der Waals surface area contributed by atoms with Crippen LogP contribution in [0.25, 0.3) is 5.83 Å². The van der Waals surface area contributed by atoms with E-state index in [1.807, 2.05) is 5.32 Å². The van der Waals surface area contributed by atoms with E-state index in [9.17, 15) is 43.9 Å². The summed E-state index contributed by atoms with van der Waals surface area (Å²) in [6.07, 6.45) is -9.39. The third-order valence-corrected chi connectivity index (χ3v) is 7.98. The molecule has 0 saturated heterocycles. The van der Waals surface area contributed by atoms with Crippen LogP contribution in [-0.2, 0) is 16.0 Å². The molecule has 0 radical (unpaired) electrons. The molecule has 1 N–H and O–H groups in total. The lowest BCUT2D eigenvalue weighted by atomic mass is 9.95. The molecule has 0 aliphatic heterocycles. The van der Waals surface area contributed by atoms with Crippen LogP contribution in [0, 0.1) is 0 Å². The maximum Gasteiger partial charge on any atom is 0.417 e. The summed E-state index contributed by atoms with van der Waals surface area (Å²) < 4.78 is 120. The number of sulfone groups is 1. The summed E-state index contributed by atoms with van der Waals surface area (Å²) in [5, 5.41) is -0.0198. The van der Waals surface area contributed by atoms with Gasteiger partial charge < -0.3 is 5.32 Å². The number of hydrogen-bond acceptors (Lipinski definition) is 3. The van der Waals surface area contributed by atoms with Crippen LogP contribution < -0.4 is 5.32 Å². The van der Waals surface area contributed by atoms with E-state index in [0.29, 0.717) is 12.1 Å². The summed E-state index contributed by atoms with van der Waals surface area (Å²) in [6.45, 7) is 0.714. The molecule has 2 aromatic carbocycles. The van der Waals surface area contributed by atoms with Crippen molar-refractivity contribution < 1.29 is 43.9 Å². The van der Waals surface area contributed by atoms with E-state index >= 15 is 0 Å². The number of carbonyl (C=O) groups excluding carboxylic acids is 1. The maximum absolute atomic E-state index is 14.9. The first-order chi connectivity index (χ1) is 16.7. The van der Waals surface area contributed by atoms with Crippen molar-refractivity contribution in [3.63, 3.8) is 0 Å². The number of carbonyl (C=O) groups is 1. The second-order valence-corrected chi connectivity index (χ2v) is 11.6. The number of rotatable bonds is 7. The highest BCUT2D eigenvalue weighted by atomic mass is 35.5. The molecule has 2 unspecified atom stereocenters. The smallest absolute Gasteiger partial charge is 0.351 e. The van der Waals surface area contributed by atoms with E-state index in [0.717, 1.165) is 18.4 Å². The van der Waals surface area contributed by atoms with Crippen LogP contribution in [-0.4, -0.2) is 38.6 Å². The van der Waals surface area contributed by atoms with E-state index in [4.69, 9.17) is 34.8 Å². The van der Waals surface area contributed by atoms with Crippen molar-refractivity contribution in [3.8, 4) is 0 Å². The van der Waals surface area contributed by atoms with Gasteiger partial charge in [0, 0.05) is 18.4 Å². The predicted octanol–water partition coefficient (Wildman–Crippen LogP) is 7.49. The first-order valence-electron chi connectivity index (χ1n) is 10.0. The Hall–Kier alpha value is -2.02. The highest BCUT2D eigenvalue weighted by molar-refractivity contribution is 7.91. The zero-order valence-corrected chi connectivity index (χ0v) is 21.8. The Morgan fingerprint density at radius 2 is 1.57 bits per heavy atom. The lowest BCUT2D eigenvalue weighted by Gasteiger charge is -2.19. The fraction of sp³-hybridized carbons (Fsp3) is 0.318. The second-order valence-electron chi connectivity index (χ2n) is 7.94. The lowest BCUT2D eigenvalue weighted by Crippen LogP contribution is -2.35. The highest BCUT2D eigenvalue weighted by Gasteiger charge is 2.41. The van der Waals surface area contributed by atoms with Crippen LogP contribution in [0.2, 0.25) is 15.1 Å². The van der Waals surface area contributed by atoms with Crippen LogP contribution in [0.4, 0.5) is 30.7 Å². The SMILES string of the molecule is CC(CNC(=O)c1ccc(C(F)=CC(c2cc(Cl)c(Cl)c(Cl)c2)C(F)(F)F)cc1C(F)(F)F)S(C)(=O)=O. The van der Waals surface area contributed by atoms with E-state index in [-0.39, 0.29) is 27.2 Å². The van der Waals surface area contributed by atoms with Gasteiger partial charge in [0.15, 0.2) is 9.84 Å². The fourth-order valence-corrected chi connectivity index (χ4v) is 3.98. The fourth-order valence-electron chi connectivity index (χ4n) is 2.99. The molecule has 204 valence electrons. The predicted molar refractivity (Wildman–Crippen MR) is 127 cm³/mol. The quantitative estimate of drug-likeness (QED) is 0.260. The zero-order chi connectivity index (χ0) is 28.5. The Morgan fingerprint density at radius 3 is 2.03 bits per heavy atom. The standard InChI is InChI=1S/C22H17Cl3F7NO3S/c1-10(37(2,35)36)9-33-20(34)13-4-3-11(5-15(13)22(30,31)32)18(26)8-14(21(27,28)29)12-6-16(23)19(25)17(24)7-12/h3-8,10,14H,9H2,1-2H3,(H,33,34). The molecule has 0 aliphatic rings. The number of allylic oxidation sites excluding steroid dienone is 1. The van der Waals surface area contributed by atoms with Crippen LogP contribution in [0.15, 0.2) is 36.4 Å². The molecule has 0 bridgehead atoms. The van der Waals surface area contributed by atoms with E-state index in [1.54, 1.807) is 0 Å². The van der Waals surface area contributed by atoms with Gasteiger partial charge in [-0.05, 0) is 42.8 Å². The molecule has 0 aromatic heterocycles.